The van der Waals surface area contributed by atoms with Gasteiger partial charge in [0.1, 0.15) is 5.82 Å². The van der Waals surface area contributed by atoms with Crippen molar-refractivity contribution in [2.24, 2.45) is 5.92 Å². The number of nitrogens with one attached hydrogen (secondary N) is 1. The molecule has 0 spiro atoms. The highest BCUT2D eigenvalue weighted by molar-refractivity contribution is 5.94. The van der Waals surface area contributed by atoms with Crippen LogP contribution in [-0.2, 0) is 11.3 Å². The Labute approximate surface area is 182 Å². The molecule has 1 aliphatic heterocycles. The topological polar surface area (TPSA) is 65.5 Å². The number of aromatic nitrogens is 1. The minimum absolute atomic E-state index is 0.0439. The molecule has 31 heavy (non-hydrogen) atoms. The average Bonchev–Trinajstić information content (AvgIpc) is 3.33. The highest BCUT2D eigenvalue weighted by atomic mass is 19.1. The fraction of sp³-hybridized carbons (Fsp3) is 0.458. The third kappa shape index (κ3) is 5.28. The van der Waals surface area contributed by atoms with E-state index in [1.165, 1.54) is 12.1 Å². The van der Waals surface area contributed by atoms with Crippen LogP contribution in [0.3, 0.4) is 0 Å². The Kier molecular flexibility index (Phi) is 6.92. The molecule has 1 aliphatic carbocycles. The molecule has 0 bridgehead atoms. The second-order valence-corrected chi connectivity index (χ2v) is 8.37. The molecule has 1 saturated heterocycles. The summed E-state index contributed by atoms with van der Waals surface area (Å²) in [4.78, 5) is 34.2. The quantitative estimate of drug-likeness (QED) is 0.775. The maximum atomic E-state index is 13.5. The number of hydrogen-bond acceptors (Lipinski definition) is 4. The van der Waals surface area contributed by atoms with E-state index in [9.17, 15) is 14.0 Å². The fourth-order valence-corrected chi connectivity index (χ4v) is 4.74. The molecular weight excluding hydrogens is 395 g/mol. The van der Waals surface area contributed by atoms with Gasteiger partial charge in [-0.1, -0.05) is 25.0 Å². The van der Waals surface area contributed by atoms with Crippen molar-refractivity contribution in [3.8, 4) is 0 Å². The predicted molar refractivity (Wildman–Crippen MR) is 116 cm³/mol. The first-order valence-corrected chi connectivity index (χ1v) is 11.1. The molecule has 0 unspecified atom stereocenters. The molecule has 7 heteroatoms. The molecule has 164 valence electrons. The van der Waals surface area contributed by atoms with Crippen molar-refractivity contribution in [1.82, 2.24) is 20.1 Å². The van der Waals surface area contributed by atoms with Crippen LogP contribution in [-0.4, -0.2) is 58.8 Å². The molecule has 1 N–H and O–H groups in total. The van der Waals surface area contributed by atoms with Crippen LogP contribution in [0.15, 0.2) is 48.7 Å². The number of halogens is 1. The van der Waals surface area contributed by atoms with Gasteiger partial charge in [0, 0.05) is 37.9 Å². The summed E-state index contributed by atoms with van der Waals surface area (Å²) >= 11 is 0. The molecule has 4 rings (SSSR count). The first-order chi connectivity index (χ1) is 15.1. The second-order valence-electron chi connectivity index (χ2n) is 8.37. The minimum Gasteiger partial charge on any atom is -0.349 e. The van der Waals surface area contributed by atoms with E-state index in [0.717, 1.165) is 31.4 Å². The summed E-state index contributed by atoms with van der Waals surface area (Å²) in [6.45, 7) is 2.76. The van der Waals surface area contributed by atoms with Gasteiger partial charge in [-0.2, -0.15) is 0 Å². The van der Waals surface area contributed by atoms with Crippen LogP contribution in [0.2, 0.25) is 0 Å². The summed E-state index contributed by atoms with van der Waals surface area (Å²) < 4.78 is 13.5. The zero-order valence-electron chi connectivity index (χ0n) is 17.7. The monoisotopic (exact) mass is 424 g/mol. The lowest BCUT2D eigenvalue weighted by molar-refractivity contribution is -0.129. The van der Waals surface area contributed by atoms with E-state index in [4.69, 9.17) is 0 Å². The number of nitrogens with zero attached hydrogens (tertiary/aromatic N) is 3. The molecule has 1 saturated carbocycles. The SMILES string of the molecule is O=C(NCc1ccccn1)[C@H](C1CCCC1)N1CCN(C(=O)c2cccc(F)c2)CC1. The number of carbonyl (C=O) groups excluding carboxylic acids is 2. The van der Waals surface area contributed by atoms with E-state index in [-0.39, 0.29) is 17.9 Å². The van der Waals surface area contributed by atoms with Gasteiger partial charge in [-0.15, -0.1) is 0 Å². The van der Waals surface area contributed by atoms with Crippen LogP contribution < -0.4 is 5.32 Å². The van der Waals surface area contributed by atoms with Crippen molar-refractivity contribution in [2.45, 2.75) is 38.3 Å². The number of rotatable bonds is 6. The molecular formula is C24H29FN4O2. The largest absolute Gasteiger partial charge is 0.349 e. The van der Waals surface area contributed by atoms with Gasteiger partial charge in [0.15, 0.2) is 0 Å². The van der Waals surface area contributed by atoms with Crippen molar-refractivity contribution < 1.29 is 14.0 Å². The van der Waals surface area contributed by atoms with Gasteiger partial charge in [0.25, 0.3) is 5.91 Å². The first kappa shape index (κ1) is 21.4. The molecule has 2 heterocycles. The third-order valence-corrected chi connectivity index (χ3v) is 6.35. The number of pyridine rings is 1. The number of hydrogen-bond donors (Lipinski definition) is 1. The maximum absolute atomic E-state index is 13.5. The van der Waals surface area contributed by atoms with Gasteiger partial charge >= 0.3 is 0 Å². The van der Waals surface area contributed by atoms with Crippen LogP contribution in [0.5, 0.6) is 0 Å². The van der Waals surface area contributed by atoms with Gasteiger partial charge < -0.3 is 10.2 Å². The zero-order valence-corrected chi connectivity index (χ0v) is 17.7. The third-order valence-electron chi connectivity index (χ3n) is 6.35. The van der Waals surface area contributed by atoms with Crippen molar-refractivity contribution in [1.29, 1.82) is 0 Å². The van der Waals surface area contributed by atoms with Crippen molar-refractivity contribution in [2.75, 3.05) is 26.2 Å². The van der Waals surface area contributed by atoms with Gasteiger partial charge in [-0.05, 0) is 49.1 Å². The van der Waals surface area contributed by atoms with Crippen LogP contribution in [0.4, 0.5) is 4.39 Å². The molecule has 2 amide bonds. The van der Waals surface area contributed by atoms with Crippen LogP contribution in [0.1, 0.15) is 41.7 Å². The van der Waals surface area contributed by atoms with E-state index in [1.54, 1.807) is 23.2 Å². The molecule has 1 atom stereocenters. The standard InChI is InChI=1S/C24H29FN4O2/c25-20-9-5-8-19(16-20)24(31)29-14-12-28(13-15-29)22(18-6-1-2-7-18)23(30)27-17-21-10-3-4-11-26-21/h3-5,8-11,16,18,22H,1-2,6-7,12-15,17H2,(H,27,30)/t22-/m0/s1. The molecule has 1 aromatic heterocycles. The molecule has 1 aromatic carbocycles. The van der Waals surface area contributed by atoms with Gasteiger partial charge in [0.05, 0.1) is 18.3 Å². The van der Waals surface area contributed by atoms with Crippen LogP contribution >= 0.6 is 0 Å². The Balaban J connectivity index is 1.39. The Morgan fingerprint density at radius 1 is 1.06 bits per heavy atom. The smallest absolute Gasteiger partial charge is 0.254 e. The lowest BCUT2D eigenvalue weighted by atomic mass is 9.95. The molecule has 2 aromatic rings. The number of piperazine rings is 1. The molecule has 2 fully saturated rings. The Hall–Kier alpha value is -2.80. The van der Waals surface area contributed by atoms with E-state index >= 15 is 0 Å². The van der Waals surface area contributed by atoms with Crippen molar-refractivity contribution >= 4 is 11.8 Å². The average molecular weight is 425 g/mol. The molecule has 0 radical (unpaired) electrons. The number of carbonyl (C=O) groups is 2. The summed E-state index contributed by atoms with van der Waals surface area (Å²) in [6.07, 6.45) is 6.17. The van der Waals surface area contributed by atoms with E-state index < -0.39 is 5.82 Å². The van der Waals surface area contributed by atoms with E-state index in [0.29, 0.717) is 44.2 Å². The van der Waals surface area contributed by atoms with Crippen LogP contribution in [0.25, 0.3) is 0 Å². The lowest BCUT2D eigenvalue weighted by Crippen LogP contribution is -2.57. The molecule has 6 nitrogen and oxygen atoms in total. The van der Waals surface area contributed by atoms with Crippen molar-refractivity contribution in [3.05, 3.63) is 65.7 Å². The summed E-state index contributed by atoms with van der Waals surface area (Å²) in [5.41, 5.74) is 1.21. The van der Waals surface area contributed by atoms with E-state index in [1.807, 2.05) is 18.2 Å². The maximum Gasteiger partial charge on any atom is 0.254 e. The van der Waals surface area contributed by atoms with E-state index in [2.05, 4.69) is 15.2 Å². The Bertz CT molecular complexity index is 893. The van der Waals surface area contributed by atoms with Gasteiger partial charge in [0.2, 0.25) is 5.91 Å². The highest BCUT2D eigenvalue weighted by Gasteiger charge is 2.37. The van der Waals surface area contributed by atoms with Crippen molar-refractivity contribution in [3.63, 3.8) is 0 Å². The minimum atomic E-state index is -0.407. The number of amides is 2. The fourth-order valence-electron chi connectivity index (χ4n) is 4.74. The predicted octanol–water partition coefficient (Wildman–Crippen LogP) is 2.85. The zero-order chi connectivity index (χ0) is 21.6. The number of benzene rings is 1. The Morgan fingerprint density at radius 3 is 2.52 bits per heavy atom. The highest BCUT2D eigenvalue weighted by Crippen LogP contribution is 2.31. The summed E-state index contributed by atoms with van der Waals surface area (Å²) in [7, 11) is 0. The van der Waals surface area contributed by atoms with Gasteiger partial charge in [-0.25, -0.2) is 4.39 Å². The van der Waals surface area contributed by atoms with Gasteiger partial charge in [-0.3, -0.25) is 19.5 Å². The first-order valence-electron chi connectivity index (χ1n) is 11.1. The second kappa shape index (κ2) is 10.0. The molecule has 2 aliphatic rings. The van der Waals surface area contributed by atoms with Crippen LogP contribution in [0, 0.1) is 11.7 Å². The lowest BCUT2D eigenvalue weighted by Gasteiger charge is -2.40. The summed E-state index contributed by atoms with van der Waals surface area (Å²) in [5, 5.41) is 3.07. The Morgan fingerprint density at radius 2 is 1.84 bits per heavy atom. The summed E-state index contributed by atoms with van der Waals surface area (Å²) in [6, 6.07) is 11.3. The normalized spacial score (nSPS) is 18.7. The summed E-state index contributed by atoms with van der Waals surface area (Å²) in [5.74, 6) is -0.178.